The van der Waals surface area contributed by atoms with E-state index in [1.165, 1.54) is 0 Å². The van der Waals surface area contributed by atoms with E-state index in [4.69, 9.17) is 5.11 Å². The molecule has 0 aromatic carbocycles. The molecule has 1 N–H and O–H groups in total. The van der Waals surface area contributed by atoms with E-state index in [0.29, 0.717) is 6.42 Å². The van der Waals surface area contributed by atoms with Crippen molar-refractivity contribution in [3.8, 4) is 0 Å². The summed E-state index contributed by atoms with van der Waals surface area (Å²) in [5.74, 6) is 0.304. The van der Waals surface area contributed by atoms with E-state index in [0.717, 1.165) is 31.5 Å². The summed E-state index contributed by atoms with van der Waals surface area (Å²) in [5, 5.41) is 9.02. The Morgan fingerprint density at radius 3 is 2.82 bits per heavy atom. The van der Waals surface area contributed by atoms with Gasteiger partial charge in [-0.3, -0.25) is 4.79 Å². The molecule has 1 aliphatic rings. The Labute approximate surface area is 103 Å². The van der Waals surface area contributed by atoms with Gasteiger partial charge in [0.25, 0.3) is 0 Å². The molecule has 1 unspecified atom stereocenters. The van der Waals surface area contributed by atoms with Gasteiger partial charge in [0.15, 0.2) is 0 Å². The van der Waals surface area contributed by atoms with Gasteiger partial charge in [-0.05, 0) is 24.3 Å². The third kappa shape index (κ3) is 4.19. The van der Waals surface area contributed by atoms with Gasteiger partial charge in [0, 0.05) is 26.1 Å². The smallest absolute Gasteiger partial charge is 0.222 e. The van der Waals surface area contributed by atoms with Crippen LogP contribution in [0.25, 0.3) is 0 Å². The molecule has 1 saturated heterocycles. The van der Waals surface area contributed by atoms with Gasteiger partial charge in [-0.2, -0.15) is 0 Å². The maximum atomic E-state index is 11.8. The van der Waals surface area contributed by atoms with Crippen molar-refractivity contribution in [2.75, 3.05) is 19.7 Å². The maximum Gasteiger partial charge on any atom is 0.222 e. The molecule has 3 heteroatoms. The molecule has 1 fully saturated rings. The van der Waals surface area contributed by atoms with Crippen LogP contribution in [0, 0.1) is 5.92 Å². The molecular weight excluding hydrogens is 214 g/mol. The molecule has 0 radical (unpaired) electrons. The Balaban J connectivity index is 2.42. The lowest BCUT2D eigenvalue weighted by Gasteiger charge is -2.31. The largest absolute Gasteiger partial charge is 0.396 e. The fraction of sp³-hybridized carbons (Fsp3) is 0.500. The maximum absolute atomic E-state index is 11.8. The molecule has 0 aliphatic carbocycles. The number of aliphatic hydroxyl groups is 1. The number of carbonyl (C=O) groups excluding carboxylic acids is 1. The second-order valence-corrected chi connectivity index (χ2v) is 4.35. The van der Waals surface area contributed by atoms with Crippen molar-refractivity contribution in [1.29, 1.82) is 0 Å². The van der Waals surface area contributed by atoms with Crippen molar-refractivity contribution in [2.24, 2.45) is 5.92 Å². The van der Waals surface area contributed by atoms with E-state index in [2.05, 4.69) is 13.2 Å². The highest BCUT2D eigenvalue weighted by Gasteiger charge is 2.24. The van der Waals surface area contributed by atoms with Crippen LogP contribution in [0.4, 0.5) is 0 Å². The van der Waals surface area contributed by atoms with Crippen LogP contribution in [0.1, 0.15) is 19.3 Å². The van der Waals surface area contributed by atoms with Gasteiger partial charge in [-0.15, -0.1) is 0 Å². The van der Waals surface area contributed by atoms with Crippen LogP contribution >= 0.6 is 0 Å². The molecule has 0 spiro atoms. The topological polar surface area (TPSA) is 40.5 Å². The molecule has 1 atom stereocenters. The summed E-state index contributed by atoms with van der Waals surface area (Å²) in [4.78, 5) is 13.6. The monoisotopic (exact) mass is 235 g/mol. The minimum atomic E-state index is 0.119. The Morgan fingerprint density at radius 2 is 2.29 bits per heavy atom. The highest BCUT2D eigenvalue weighted by atomic mass is 16.3. The number of hydrogen-bond acceptors (Lipinski definition) is 2. The van der Waals surface area contributed by atoms with Gasteiger partial charge in [0.1, 0.15) is 0 Å². The number of hydrogen-bond donors (Lipinski definition) is 1. The fourth-order valence-electron chi connectivity index (χ4n) is 2.00. The first-order valence-corrected chi connectivity index (χ1v) is 6.04. The molecule has 1 aliphatic heterocycles. The molecule has 3 nitrogen and oxygen atoms in total. The van der Waals surface area contributed by atoms with E-state index in [9.17, 15) is 4.79 Å². The average molecular weight is 235 g/mol. The van der Waals surface area contributed by atoms with Crippen LogP contribution in [-0.4, -0.2) is 35.6 Å². The summed E-state index contributed by atoms with van der Waals surface area (Å²) < 4.78 is 0. The van der Waals surface area contributed by atoms with E-state index < -0.39 is 0 Å². The second kappa shape index (κ2) is 7.07. The number of allylic oxidation sites excluding steroid dienone is 3. The molecule has 94 valence electrons. The third-order valence-electron chi connectivity index (χ3n) is 3.15. The summed E-state index contributed by atoms with van der Waals surface area (Å²) in [6.45, 7) is 8.98. The molecule has 0 saturated carbocycles. The molecule has 0 bridgehead atoms. The molecule has 1 amide bonds. The van der Waals surface area contributed by atoms with Crippen LogP contribution < -0.4 is 0 Å². The lowest BCUT2D eigenvalue weighted by atomic mass is 9.97. The summed E-state index contributed by atoms with van der Waals surface area (Å²) in [6.07, 6.45) is 7.63. The molecule has 0 aromatic heterocycles. The summed E-state index contributed by atoms with van der Waals surface area (Å²) in [7, 11) is 0. The fourth-order valence-corrected chi connectivity index (χ4v) is 2.00. The first-order valence-electron chi connectivity index (χ1n) is 6.04. The SMILES string of the molecule is C=C/C=C(\C=C)CCN1CCC(CO)CC1=O. The number of piperidine rings is 1. The van der Waals surface area contributed by atoms with E-state index in [1.54, 1.807) is 12.2 Å². The van der Waals surface area contributed by atoms with Gasteiger partial charge in [-0.1, -0.05) is 31.4 Å². The van der Waals surface area contributed by atoms with Crippen molar-refractivity contribution < 1.29 is 9.90 Å². The van der Waals surface area contributed by atoms with Crippen LogP contribution in [0.15, 0.2) is 37.0 Å². The number of rotatable bonds is 6. The zero-order valence-corrected chi connectivity index (χ0v) is 10.3. The van der Waals surface area contributed by atoms with Gasteiger partial charge < -0.3 is 10.0 Å². The molecular formula is C14H21NO2. The van der Waals surface area contributed by atoms with Crippen LogP contribution in [-0.2, 0) is 4.79 Å². The normalized spacial score (nSPS) is 21.5. The lowest BCUT2D eigenvalue weighted by Crippen LogP contribution is -2.40. The Hall–Kier alpha value is -1.35. The van der Waals surface area contributed by atoms with Crippen molar-refractivity contribution in [1.82, 2.24) is 4.90 Å². The first kappa shape index (κ1) is 13.7. The van der Waals surface area contributed by atoms with E-state index in [1.807, 2.05) is 11.0 Å². The van der Waals surface area contributed by atoms with Gasteiger partial charge in [0.2, 0.25) is 5.91 Å². The number of carbonyl (C=O) groups is 1. The summed E-state index contributed by atoms with van der Waals surface area (Å²) in [5.41, 5.74) is 1.09. The molecule has 0 aromatic rings. The summed E-state index contributed by atoms with van der Waals surface area (Å²) in [6, 6.07) is 0. The Bertz CT molecular complexity index is 320. The predicted octanol–water partition coefficient (Wildman–Crippen LogP) is 1.91. The Morgan fingerprint density at radius 1 is 1.53 bits per heavy atom. The Kier molecular flexibility index (Phi) is 5.70. The van der Waals surface area contributed by atoms with Crippen LogP contribution in [0.2, 0.25) is 0 Å². The van der Waals surface area contributed by atoms with Crippen LogP contribution in [0.3, 0.4) is 0 Å². The quantitative estimate of drug-likeness (QED) is 0.714. The van der Waals surface area contributed by atoms with E-state index >= 15 is 0 Å². The van der Waals surface area contributed by atoms with Gasteiger partial charge in [0.05, 0.1) is 0 Å². The van der Waals surface area contributed by atoms with Gasteiger partial charge in [-0.25, -0.2) is 0 Å². The second-order valence-electron chi connectivity index (χ2n) is 4.35. The lowest BCUT2D eigenvalue weighted by molar-refractivity contribution is -0.135. The number of aliphatic hydroxyl groups excluding tert-OH is 1. The predicted molar refractivity (Wildman–Crippen MR) is 69.5 cm³/mol. The standard InChI is InChI=1S/C14H21NO2/c1-3-5-12(4-2)6-8-15-9-7-13(11-16)10-14(15)17/h3-5,13,16H,1-2,6-11H2/b12-5+. The zero-order chi connectivity index (χ0) is 12.7. The average Bonchev–Trinajstić information content (AvgIpc) is 2.35. The minimum absolute atomic E-state index is 0.119. The highest BCUT2D eigenvalue weighted by Crippen LogP contribution is 2.18. The van der Waals surface area contributed by atoms with Crippen molar-refractivity contribution >= 4 is 5.91 Å². The van der Waals surface area contributed by atoms with Gasteiger partial charge >= 0.3 is 0 Å². The molecule has 1 rings (SSSR count). The minimum Gasteiger partial charge on any atom is -0.396 e. The zero-order valence-electron chi connectivity index (χ0n) is 10.3. The van der Waals surface area contributed by atoms with E-state index in [-0.39, 0.29) is 18.4 Å². The van der Waals surface area contributed by atoms with Crippen LogP contribution in [0.5, 0.6) is 0 Å². The van der Waals surface area contributed by atoms with Crippen molar-refractivity contribution in [3.63, 3.8) is 0 Å². The van der Waals surface area contributed by atoms with Crippen molar-refractivity contribution in [2.45, 2.75) is 19.3 Å². The summed E-state index contributed by atoms with van der Waals surface area (Å²) >= 11 is 0. The number of nitrogens with zero attached hydrogens (tertiary/aromatic N) is 1. The first-order chi connectivity index (χ1) is 8.21. The molecule has 17 heavy (non-hydrogen) atoms. The van der Waals surface area contributed by atoms with Crippen molar-refractivity contribution in [3.05, 3.63) is 37.0 Å². The highest BCUT2D eigenvalue weighted by molar-refractivity contribution is 5.77. The third-order valence-corrected chi connectivity index (χ3v) is 3.15. The number of amides is 1. The molecule has 1 heterocycles. The number of likely N-dealkylation sites (tertiary alicyclic amines) is 1.